The van der Waals surface area contributed by atoms with Gasteiger partial charge in [-0.3, -0.25) is 9.59 Å². The van der Waals surface area contributed by atoms with Gasteiger partial charge in [0.2, 0.25) is 5.91 Å². The van der Waals surface area contributed by atoms with Crippen LogP contribution in [0.5, 0.6) is 11.5 Å². The van der Waals surface area contributed by atoms with E-state index in [0.717, 1.165) is 16.8 Å². The minimum Gasteiger partial charge on any atom is -0.493 e. The summed E-state index contributed by atoms with van der Waals surface area (Å²) in [6, 6.07) is 12.5. The minimum atomic E-state index is -0.472. The number of carbonyl (C=O) groups excluding carboxylic acids is 2. The molecule has 1 unspecified atom stereocenters. The fourth-order valence-corrected chi connectivity index (χ4v) is 4.46. The van der Waals surface area contributed by atoms with Gasteiger partial charge in [-0.25, -0.2) is 4.98 Å². The second-order valence-electron chi connectivity index (χ2n) is 7.27. The molecule has 0 fully saturated rings. The summed E-state index contributed by atoms with van der Waals surface area (Å²) in [5, 5.41) is 5.27. The van der Waals surface area contributed by atoms with Crippen LogP contribution in [-0.2, 0) is 11.3 Å². The molecule has 0 spiro atoms. The molecule has 1 aliphatic rings. The van der Waals surface area contributed by atoms with Crippen molar-refractivity contribution >= 4 is 28.3 Å². The molecular weight excluding hydrogens is 414 g/mol. The van der Waals surface area contributed by atoms with Crippen LogP contribution >= 0.6 is 11.3 Å². The van der Waals surface area contributed by atoms with Gasteiger partial charge in [0.25, 0.3) is 5.91 Å². The highest BCUT2D eigenvalue weighted by atomic mass is 32.1. The number of amides is 2. The van der Waals surface area contributed by atoms with Gasteiger partial charge in [0.05, 0.1) is 32.4 Å². The first-order valence-corrected chi connectivity index (χ1v) is 10.7. The molecule has 2 heterocycles. The molecule has 0 radical (unpaired) electrons. The molecule has 1 atom stereocenters. The monoisotopic (exact) mass is 437 g/mol. The van der Waals surface area contributed by atoms with E-state index in [9.17, 15) is 9.59 Å². The number of ether oxygens (including phenoxy) is 2. The van der Waals surface area contributed by atoms with Crippen molar-refractivity contribution in [2.45, 2.75) is 25.9 Å². The Labute approximate surface area is 184 Å². The van der Waals surface area contributed by atoms with Crippen molar-refractivity contribution in [3.63, 3.8) is 0 Å². The van der Waals surface area contributed by atoms with Crippen LogP contribution in [0.4, 0.5) is 5.13 Å². The number of hydrogen-bond acceptors (Lipinski definition) is 6. The molecule has 1 N–H and O–H groups in total. The predicted molar refractivity (Wildman–Crippen MR) is 119 cm³/mol. The van der Waals surface area contributed by atoms with Crippen LogP contribution < -0.4 is 14.8 Å². The lowest BCUT2D eigenvalue weighted by molar-refractivity contribution is -0.117. The van der Waals surface area contributed by atoms with Gasteiger partial charge >= 0.3 is 0 Å². The topological polar surface area (TPSA) is 80.8 Å². The van der Waals surface area contributed by atoms with Crippen LogP contribution in [0.25, 0.3) is 0 Å². The normalized spacial score (nSPS) is 13.6. The third kappa shape index (κ3) is 4.25. The molecule has 0 saturated carbocycles. The van der Waals surface area contributed by atoms with Crippen LogP contribution in [-0.4, -0.2) is 35.9 Å². The lowest BCUT2D eigenvalue weighted by atomic mass is 10.0. The van der Waals surface area contributed by atoms with Crippen molar-refractivity contribution in [3.8, 4) is 11.5 Å². The van der Waals surface area contributed by atoms with Crippen molar-refractivity contribution in [1.82, 2.24) is 9.88 Å². The summed E-state index contributed by atoms with van der Waals surface area (Å²) >= 11 is 1.37. The number of aromatic nitrogens is 1. The molecule has 0 bridgehead atoms. The summed E-state index contributed by atoms with van der Waals surface area (Å²) in [4.78, 5) is 32.1. The number of thiazole rings is 1. The van der Waals surface area contributed by atoms with E-state index in [2.05, 4.69) is 10.3 Å². The Balaban J connectivity index is 1.66. The highest BCUT2D eigenvalue weighted by Gasteiger charge is 2.35. The number of aryl methyl sites for hydroxylation is 1. The Morgan fingerprint density at radius 2 is 1.97 bits per heavy atom. The summed E-state index contributed by atoms with van der Waals surface area (Å²) in [6.07, 6.45) is 0.0911. The van der Waals surface area contributed by atoms with E-state index in [1.807, 2.05) is 48.7 Å². The van der Waals surface area contributed by atoms with Gasteiger partial charge in [0.15, 0.2) is 16.6 Å². The predicted octanol–water partition coefficient (Wildman–Crippen LogP) is 4.19. The van der Waals surface area contributed by atoms with Crippen molar-refractivity contribution in [3.05, 3.63) is 70.2 Å². The number of anilines is 1. The highest BCUT2D eigenvalue weighted by molar-refractivity contribution is 7.13. The van der Waals surface area contributed by atoms with Gasteiger partial charge in [-0.15, -0.1) is 11.3 Å². The SMILES string of the molecule is COc1ccc(C(CC(=O)Nc2nc(C)cs2)N2Cc3ccccc3C2=O)cc1OC. The van der Waals surface area contributed by atoms with Crippen molar-refractivity contribution < 1.29 is 19.1 Å². The van der Waals surface area contributed by atoms with Crippen molar-refractivity contribution in [2.75, 3.05) is 19.5 Å². The van der Waals surface area contributed by atoms with Crippen LogP contribution in [0.15, 0.2) is 47.8 Å². The molecule has 1 aliphatic heterocycles. The fourth-order valence-electron chi connectivity index (χ4n) is 3.75. The lowest BCUT2D eigenvalue weighted by Gasteiger charge is -2.28. The Hall–Kier alpha value is -3.39. The standard InChI is InChI=1S/C23H23N3O4S/c1-14-13-31-23(24-14)25-21(27)11-18(15-8-9-19(29-2)20(10-15)30-3)26-12-16-6-4-5-7-17(16)22(26)28/h4-10,13,18H,11-12H2,1-3H3,(H,24,25,27). The molecule has 2 amide bonds. The van der Waals surface area contributed by atoms with Gasteiger partial charge in [-0.05, 0) is 36.2 Å². The maximum absolute atomic E-state index is 13.2. The molecule has 0 saturated heterocycles. The maximum Gasteiger partial charge on any atom is 0.255 e. The number of methoxy groups -OCH3 is 2. The Kier molecular flexibility index (Phi) is 5.90. The number of rotatable bonds is 7. The average Bonchev–Trinajstić information content (AvgIpc) is 3.34. The first-order chi connectivity index (χ1) is 15.0. The van der Waals surface area contributed by atoms with Crippen LogP contribution in [0.3, 0.4) is 0 Å². The van der Waals surface area contributed by atoms with Gasteiger partial charge < -0.3 is 19.7 Å². The average molecular weight is 438 g/mol. The van der Waals surface area contributed by atoms with Crippen molar-refractivity contribution in [1.29, 1.82) is 0 Å². The Morgan fingerprint density at radius 1 is 1.19 bits per heavy atom. The molecule has 1 aromatic heterocycles. The smallest absolute Gasteiger partial charge is 0.255 e. The minimum absolute atomic E-state index is 0.0896. The molecule has 160 valence electrons. The van der Waals surface area contributed by atoms with Gasteiger partial charge in [0.1, 0.15) is 0 Å². The molecule has 7 nitrogen and oxygen atoms in total. The van der Waals surface area contributed by atoms with E-state index < -0.39 is 6.04 Å². The van der Waals surface area contributed by atoms with E-state index >= 15 is 0 Å². The third-order valence-corrected chi connectivity index (χ3v) is 6.14. The Morgan fingerprint density at radius 3 is 2.65 bits per heavy atom. The summed E-state index contributed by atoms with van der Waals surface area (Å²) in [5.41, 5.74) is 3.27. The number of carbonyl (C=O) groups is 2. The molecule has 0 aliphatic carbocycles. The van der Waals surface area contributed by atoms with E-state index in [1.165, 1.54) is 11.3 Å². The second-order valence-corrected chi connectivity index (χ2v) is 8.12. The second kappa shape index (κ2) is 8.77. The third-order valence-electron chi connectivity index (χ3n) is 5.26. The largest absolute Gasteiger partial charge is 0.493 e. The number of nitrogens with one attached hydrogen (secondary N) is 1. The number of fused-ring (bicyclic) bond motifs is 1. The first kappa shape index (κ1) is 20.9. The maximum atomic E-state index is 13.2. The zero-order chi connectivity index (χ0) is 22.0. The van der Waals surface area contributed by atoms with E-state index in [-0.39, 0.29) is 18.2 Å². The molecule has 3 aromatic rings. The van der Waals surface area contributed by atoms with Crippen LogP contribution in [0.1, 0.15) is 39.6 Å². The lowest BCUT2D eigenvalue weighted by Crippen LogP contribution is -2.32. The molecule has 31 heavy (non-hydrogen) atoms. The first-order valence-electron chi connectivity index (χ1n) is 9.83. The number of nitrogens with zero attached hydrogens (tertiary/aromatic N) is 2. The molecule has 4 rings (SSSR count). The van der Waals surface area contributed by atoms with E-state index in [4.69, 9.17) is 9.47 Å². The van der Waals surface area contributed by atoms with Gasteiger partial charge in [-0.1, -0.05) is 24.3 Å². The van der Waals surface area contributed by atoms with Gasteiger partial charge in [0, 0.05) is 17.5 Å². The van der Waals surface area contributed by atoms with E-state index in [1.54, 1.807) is 25.2 Å². The Bertz CT molecular complexity index is 1130. The molecule has 8 heteroatoms. The molecular formula is C23H23N3O4S. The zero-order valence-electron chi connectivity index (χ0n) is 17.5. The van der Waals surface area contributed by atoms with E-state index in [0.29, 0.717) is 28.7 Å². The summed E-state index contributed by atoms with van der Waals surface area (Å²) < 4.78 is 10.8. The van der Waals surface area contributed by atoms with Crippen molar-refractivity contribution in [2.24, 2.45) is 0 Å². The summed E-state index contributed by atoms with van der Waals surface area (Å²) in [5.74, 6) is 0.833. The van der Waals surface area contributed by atoms with Crippen LogP contribution in [0, 0.1) is 6.92 Å². The number of benzene rings is 2. The van der Waals surface area contributed by atoms with Gasteiger partial charge in [-0.2, -0.15) is 0 Å². The fraction of sp³-hybridized carbons (Fsp3) is 0.261. The highest BCUT2D eigenvalue weighted by Crippen LogP contribution is 2.37. The molecule has 2 aromatic carbocycles. The van der Waals surface area contributed by atoms with Crippen LogP contribution in [0.2, 0.25) is 0 Å². The quantitative estimate of drug-likeness (QED) is 0.599. The zero-order valence-corrected chi connectivity index (χ0v) is 18.4. The summed E-state index contributed by atoms with van der Waals surface area (Å²) in [7, 11) is 3.13. The number of hydrogen-bond donors (Lipinski definition) is 1. The summed E-state index contributed by atoms with van der Waals surface area (Å²) in [6.45, 7) is 2.32.